The van der Waals surface area contributed by atoms with Crippen molar-refractivity contribution in [3.8, 4) is 0 Å². The average molecular weight is 545 g/mol. The van der Waals surface area contributed by atoms with Gasteiger partial charge in [0.1, 0.15) is 0 Å². The van der Waals surface area contributed by atoms with Gasteiger partial charge in [0.25, 0.3) is 5.91 Å². The van der Waals surface area contributed by atoms with Crippen LogP contribution in [0, 0.1) is 5.92 Å². The Morgan fingerprint density at radius 2 is 1.68 bits per heavy atom. The zero-order valence-corrected chi connectivity index (χ0v) is 22.0. The minimum Gasteiger partial charge on any atom is -0.436 e. The molecule has 1 aromatic carbocycles. The smallest absolute Gasteiger partial charge is 0.417 e. The van der Waals surface area contributed by atoms with Gasteiger partial charge in [-0.25, -0.2) is 4.79 Å². The number of piperazine rings is 1. The predicted molar refractivity (Wildman–Crippen MR) is 134 cm³/mol. The van der Waals surface area contributed by atoms with Crippen LogP contribution in [0.5, 0.6) is 0 Å². The van der Waals surface area contributed by atoms with Crippen LogP contribution < -0.4 is 5.32 Å². The molecule has 37 heavy (non-hydrogen) atoms. The Bertz CT molecular complexity index is 941. The van der Waals surface area contributed by atoms with E-state index in [9.17, 15) is 22.8 Å². The lowest BCUT2D eigenvalue weighted by Gasteiger charge is -2.41. The Hall–Kier alpha value is -2.04. The van der Waals surface area contributed by atoms with Crippen molar-refractivity contribution in [3.63, 3.8) is 0 Å². The fourth-order valence-corrected chi connectivity index (χ4v) is 5.69. The van der Waals surface area contributed by atoms with Crippen molar-refractivity contribution < 1.29 is 27.5 Å². The Labute approximate surface area is 221 Å². The highest BCUT2D eigenvalue weighted by Crippen LogP contribution is 2.35. The molecule has 0 aliphatic carbocycles. The molecule has 11 heteroatoms. The molecule has 0 saturated carbocycles. The van der Waals surface area contributed by atoms with Crippen LogP contribution in [0.25, 0.3) is 0 Å². The molecule has 3 heterocycles. The first-order chi connectivity index (χ1) is 17.6. The molecule has 1 N–H and O–H groups in total. The molecule has 0 bridgehead atoms. The summed E-state index contributed by atoms with van der Waals surface area (Å²) in [5.41, 5.74) is -0.529. The summed E-state index contributed by atoms with van der Waals surface area (Å²) in [5.74, 6) is 0.201. The van der Waals surface area contributed by atoms with Gasteiger partial charge in [-0.05, 0) is 62.4 Å². The zero-order chi connectivity index (χ0) is 26.6. The van der Waals surface area contributed by atoms with E-state index in [2.05, 4.69) is 17.1 Å². The number of hydrogen-bond acceptors (Lipinski definition) is 5. The second-order valence-corrected chi connectivity index (χ2v) is 10.8. The summed E-state index contributed by atoms with van der Waals surface area (Å²) in [4.78, 5) is 32.2. The summed E-state index contributed by atoms with van der Waals surface area (Å²) in [6, 6.07) is 3.91. The van der Waals surface area contributed by atoms with Crippen molar-refractivity contribution in [1.29, 1.82) is 0 Å². The highest BCUT2D eigenvalue weighted by molar-refractivity contribution is 6.31. The first-order valence-corrected chi connectivity index (χ1v) is 13.5. The first-order valence-electron chi connectivity index (χ1n) is 13.2. The lowest BCUT2D eigenvalue weighted by molar-refractivity contribution is -0.143. The number of benzene rings is 1. The van der Waals surface area contributed by atoms with Crippen LogP contribution in [0.3, 0.4) is 0 Å². The molecule has 206 valence electrons. The number of alkyl halides is 3. The van der Waals surface area contributed by atoms with E-state index in [1.165, 1.54) is 12.1 Å². The summed E-state index contributed by atoms with van der Waals surface area (Å²) in [6.45, 7) is 7.76. The van der Waals surface area contributed by atoms with Gasteiger partial charge in [-0.1, -0.05) is 24.6 Å². The Morgan fingerprint density at radius 3 is 2.27 bits per heavy atom. The van der Waals surface area contributed by atoms with Crippen LogP contribution in [0.1, 0.15) is 43.7 Å². The van der Waals surface area contributed by atoms with E-state index in [-0.39, 0.29) is 12.3 Å². The number of amides is 2. The maximum atomic E-state index is 13.6. The molecule has 0 radical (unpaired) electrons. The standard InChI is InChI=1S/C26H36ClF3N4O3/c1-18-6-10-34(11-7-18)25(36)37-23(17-19-2-3-21(22(27)16-19)26(28,29)30)24(35)33-14-12-32(13-15-33)20-4-8-31-9-5-20/h2-3,16,18,20,23,31H,4-15,17H2,1H3/t23-/m1/s1. The van der Waals surface area contributed by atoms with Crippen molar-refractivity contribution >= 4 is 23.6 Å². The van der Waals surface area contributed by atoms with Crippen molar-refractivity contribution in [2.75, 3.05) is 52.4 Å². The number of likely N-dealkylation sites (tertiary alicyclic amines) is 1. The maximum absolute atomic E-state index is 13.6. The highest BCUT2D eigenvalue weighted by atomic mass is 35.5. The highest BCUT2D eigenvalue weighted by Gasteiger charge is 2.36. The predicted octanol–water partition coefficient (Wildman–Crippen LogP) is 4.03. The molecule has 1 atom stereocenters. The molecular formula is C26H36ClF3N4O3. The van der Waals surface area contributed by atoms with Gasteiger partial charge in [0.2, 0.25) is 0 Å². The molecule has 3 fully saturated rings. The quantitative estimate of drug-likeness (QED) is 0.606. The topological polar surface area (TPSA) is 65.1 Å². The maximum Gasteiger partial charge on any atom is 0.417 e. The molecule has 0 aromatic heterocycles. The molecule has 1 aromatic rings. The number of hydrogen-bond donors (Lipinski definition) is 1. The monoisotopic (exact) mass is 544 g/mol. The summed E-state index contributed by atoms with van der Waals surface area (Å²) >= 11 is 5.92. The third kappa shape index (κ3) is 7.29. The number of ether oxygens (including phenoxy) is 1. The molecule has 2 amide bonds. The van der Waals surface area contributed by atoms with Crippen LogP contribution in [-0.2, 0) is 22.1 Å². The number of carbonyl (C=O) groups is 2. The van der Waals surface area contributed by atoms with E-state index in [0.29, 0.717) is 43.7 Å². The fraction of sp³-hybridized carbons (Fsp3) is 0.692. The fourth-order valence-electron chi connectivity index (χ4n) is 5.38. The Balaban J connectivity index is 1.45. The Morgan fingerprint density at radius 1 is 1.03 bits per heavy atom. The van der Waals surface area contributed by atoms with Gasteiger partial charge in [0, 0.05) is 51.7 Å². The van der Waals surface area contributed by atoms with Crippen LogP contribution in [0.15, 0.2) is 18.2 Å². The van der Waals surface area contributed by atoms with Gasteiger partial charge in [-0.3, -0.25) is 9.69 Å². The van der Waals surface area contributed by atoms with Crippen molar-refractivity contribution in [3.05, 3.63) is 34.3 Å². The normalized spacial score (nSPS) is 21.6. The molecule has 3 aliphatic rings. The summed E-state index contributed by atoms with van der Waals surface area (Å²) < 4.78 is 45.2. The molecule has 3 saturated heterocycles. The van der Waals surface area contributed by atoms with Crippen LogP contribution >= 0.6 is 11.6 Å². The number of halogens is 4. The largest absolute Gasteiger partial charge is 0.436 e. The van der Waals surface area contributed by atoms with Gasteiger partial charge >= 0.3 is 12.3 Å². The minimum atomic E-state index is -4.57. The van der Waals surface area contributed by atoms with E-state index in [1.807, 2.05) is 0 Å². The zero-order valence-electron chi connectivity index (χ0n) is 21.2. The average Bonchev–Trinajstić information content (AvgIpc) is 2.88. The van der Waals surface area contributed by atoms with E-state index in [0.717, 1.165) is 57.9 Å². The second kappa shape index (κ2) is 12.2. The lowest BCUT2D eigenvalue weighted by atomic mass is 10.00. The Kier molecular flexibility index (Phi) is 9.24. The van der Waals surface area contributed by atoms with Crippen LogP contribution in [0.2, 0.25) is 5.02 Å². The van der Waals surface area contributed by atoms with Crippen molar-refractivity contribution in [1.82, 2.24) is 20.0 Å². The third-order valence-corrected chi connectivity index (χ3v) is 8.08. The number of nitrogens with one attached hydrogen (secondary N) is 1. The third-order valence-electron chi connectivity index (χ3n) is 7.77. The molecular weight excluding hydrogens is 509 g/mol. The summed E-state index contributed by atoms with van der Waals surface area (Å²) in [7, 11) is 0. The molecule has 7 nitrogen and oxygen atoms in total. The van der Waals surface area contributed by atoms with Gasteiger partial charge < -0.3 is 19.9 Å². The lowest BCUT2D eigenvalue weighted by Crippen LogP contribution is -2.56. The summed E-state index contributed by atoms with van der Waals surface area (Å²) in [6.07, 6.45) is -2.42. The number of nitrogens with zero attached hydrogens (tertiary/aromatic N) is 3. The van der Waals surface area contributed by atoms with Gasteiger partial charge in [0.05, 0.1) is 10.6 Å². The second-order valence-electron chi connectivity index (χ2n) is 10.4. The van der Waals surface area contributed by atoms with E-state index >= 15 is 0 Å². The number of piperidine rings is 2. The molecule has 3 aliphatic heterocycles. The van der Waals surface area contributed by atoms with Crippen LogP contribution in [0.4, 0.5) is 18.0 Å². The molecule has 4 rings (SSSR count). The van der Waals surface area contributed by atoms with E-state index in [1.54, 1.807) is 9.80 Å². The van der Waals surface area contributed by atoms with Crippen molar-refractivity contribution in [2.24, 2.45) is 5.92 Å². The van der Waals surface area contributed by atoms with Crippen LogP contribution in [-0.4, -0.2) is 91.2 Å². The minimum absolute atomic E-state index is 0.0405. The number of rotatable bonds is 5. The van der Waals surface area contributed by atoms with E-state index in [4.69, 9.17) is 16.3 Å². The number of carbonyl (C=O) groups excluding carboxylic acids is 2. The van der Waals surface area contributed by atoms with Crippen molar-refractivity contribution in [2.45, 2.75) is 57.3 Å². The first kappa shape index (κ1) is 28.0. The van der Waals surface area contributed by atoms with Gasteiger partial charge in [-0.2, -0.15) is 13.2 Å². The SMILES string of the molecule is CC1CCN(C(=O)O[C@H](Cc2ccc(C(F)(F)F)c(Cl)c2)C(=O)N2CCN(C3CCNCC3)CC2)CC1. The molecule has 0 spiro atoms. The van der Waals surface area contributed by atoms with Gasteiger partial charge in [-0.15, -0.1) is 0 Å². The molecule has 0 unspecified atom stereocenters. The van der Waals surface area contributed by atoms with Gasteiger partial charge in [0.15, 0.2) is 6.10 Å². The summed E-state index contributed by atoms with van der Waals surface area (Å²) in [5, 5.41) is 2.93. The van der Waals surface area contributed by atoms with E-state index < -0.39 is 29.0 Å².